The van der Waals surface area contributed by atoms with Crippen molar-refractivity contribution in [2.75, 3.05) is 19.0 Å². The molecule has 1 saturated heterocycles. The number of carbonyl (C=O) groups is 1. The van der Waals surface area contributed by atoms with E-state index >= 15 is 0 Å². The van der Waals surface area contributed by atoms with Crippen LogP contribution in [-0.4, -0.2) is 39.4 Å². The summed E-state index contributed by atoms with van der Waals surface area (Å²) < 4.78 is 3.86. The van der Waals surface area contributed by atoms with E-state index in [1.807, 2.05) is 11.8 Å². The first-order valence-electron chi connectivity index (χ1n) is 5.92. The minimum absolute atomic E-state index is 0.0916. The van der Waals surface area contributed by atoms with Gasteiger partial charge in [0.1, 0.15) is 4.88 Å². The normalized spacial score (nSPS) is 19.9. The Hall–Kier alpha value is -0.680. The molecule has 0 spiro atoms. The Kier molecular flexibility index (Phi) is 4.34. The predicted octanol–water partition coefficient (Wildman–Crippen LogP) is 2.19. The summed E-state index contributed by atoms with van der Waals surface area (Å²) in [6, 6.07) is 0. The lowest BCUT2D eigenvalue weighted by molar-refractivity contribution is 0.0790. The summed E-state index contributed by atoms with van der Waals surface area (Å²) >= 11 is 6.94. The minimum atomic E-state index is 0.0916. The molecule has 2 rings (SSSR count). The Morgan fingerprint density at radius 1 is 1.65 bits per heavy atom. The van der Waals surface area contributed by atoms with Gasteiger partial charge in [0.2, 0.25) is 0 Å². The molecule has 0 radical (unpaired) electrons. The van der Waals surface area contributed by atoms with Gasteiger partial charge in [0, 0.05) is 19.0 Å². The van der Waals surface area contributed by atoms with Crippen LogP contribution in [0.4, 0.5) is 0 Å². The van der Waals surface area contributed by atoms with Gasteiger partial charge in [0.25, 0.3) is 5.91 Å². The van der Waals surface area contributed by atoms with Crippen molar-refractivity contribution in [1.82, 2.24) is 14.5 Å². The average molecular weight is 274 g/mol. The van der Waals surface area contributed by atoms with Gasteiger partial charge in [0.15, 0.2) is 0 Å². The molecule has 6 heteroatoms. The Labute approximate surface area is 110 Å². The van der Waals surface area contributed by atoms with Gasteiger partial charge in [-0.25, -0.2) is 0 Å². The highest BCUT2D eigenvalue weighted by Gasteiger charge is 2.28. The molecule has 0 aliphatic carbocycles. The molecule has 0 aromatic carbocycles. The van der Waals surface area contributed by atoms with Crippen molar-refractivity contribution >= 4 is 29.0 Å². The number of likely N-dealkylation sites (tertiary alicyclic amines) is 1. The fraction of sp³-hybridized carbons (Fsp3) is 0.727. The van der Waals surface area contributed by atoms with Gasteiger partial charge in [-0.05, 0) is 36.7 Å². The maximum Gasteiger partial charge on any atom is 0.267 e. The Balaban J connectivity index is 2.02. The summed E-state index contributed by atoms with van der Waals surface area (Å²) in [6.45, 7) is 3.65. The lowest BCUT2D eigenvalue weighted by atomic mass is 10.1. The van der Waals surface area contributed by atoms with E-state index in [9.17, 15) is 4.79 Å². The summed E-state index contributed by atoms with van der Waals surface area (Å²) in [7, 11) is 0. The largest absolute Gasteiger partial charge is 0.338 e. The SMILES string of the molecule is CCc1nnsc1C(=O)N1CCC(CCCl)C1. The fourth-order valence-corrected chi connectivity index (χ4v) is 3.18. The van der Waals surface area contributed by atoms with E-state index in [2.05, 4.69) is 9.59 Å². The van der Waals surface area contributed by atoms with Gasteiger partial charge in [-0.1, -0.05) is 11.4 Å². The fourth-order valence-electron chi connectivity index (χ4n) is 2.15. The maximum absolute atomic E-state index is 12.3. The van der Waals surface area contributed by atoms with E-state index in [1.165, 1.54) is 11.5 Å². The van der Waals surface area contributed by atoms with Crippen LogP contribution in [0, 0.1) is 5.92 Å². The first-order chi connectivity index (χ1) is 8.26. The number of aromatic nitrogens is 2. The standard InChI is InChI=1S/C11H16ClN3OS/c1-2-9-10(17-14-13-9)11(16)15-6-4-8(7-15)3-5-12/h8H,2-7H2,1H3. The zero-order chi connectivity index (χ0) is 12.3. The van der Waals surface area contributed by atoms with Crippen LogP contribution in [-0.2, 0) is 6.42 Å². The second kappa shape index (κ2) is 5.78. The number of hydrogen-bond acceptors (Lipinski definition) is 4. The zero-order valence-corrected chi connectivity index (χ0v) is 11.4. The highest BCUT2D eigenvalue weighted by Crippen LogP contribution is 2.23. The number of carbonyl (C=O) groups excluding carboxylic acids is 1. The molecule has 1 amide bonds. The molecule has 4 nitrogen and oxygen atoms in total. The molecule has 1 unspecified atom stereocenters. The third-order valence-electron chi connectivity index (χ3n) is 3.18. The molecular formula is C11H16ClN3OS. The van der Waals surface area contributed by atoms with Crippen LogP contribution in [0.1, 0.15) is 35.1 Å². The molecule has 1 atom stereocenters. The van der Waals surface area contributed by atoms with E-state index in [0.29, 0.717) is 16.7 Å². The van der Waals surface area contributed by atoms with Crippen molar-refractivity contribution in [3.63, 3.8) is 0 Å². The number of hydrogen-bond donors (Lipinski definition) is 0. The van der Waals surface area contributed by atoms with E-state index in [4.69, 9.17) is 11.6 Å². The molecule has 1 aliphatic rings. The Morgan fingerprint density at radius 2 is 2.47 bits per heavy atom. The Bertz CT molecular complexity index is 396. The van der Waals surface area contributed by atoms with Crippen LogP contribution >= 0.6 is 23.1 Å². The molecule has 1 aromatic heterocycles. The second-order valence-electron chi connectivity index (χ2n) is 4.29. The molecule has 17 heavy (non-hydrogen) atoms. The van der Waals surface area contributed by atoms with E-state index in [0.717, 1.165) is 38.0 Å². The van der Waals surface area contributed by atoms with Crippen LogP contribution in [0.5, 0.6) is 0 Å². The van der Waals surface area contributed by atoms with Gasteiger partial charge in [0.05, 0.1) is 5.69 Å². The molecule has 0 saturated carbocycles. The molecular weight excluding hydrogens is 258 g/mol. The van der Waals surface area contributed by atoms with Gasteiger partial charge >= 0.3 is 0 Å². The van der Waals surface area contributed by atoms with Crippen molar-refractivity contribution in [2.45, 2.75) is 26.2 Å². The summed E-state index contributed by atoms with van der Waals surface area (Å²) in [4.78, 5) is 14.9. The summed E-state index contributed by atoms with van der Waals surface area (Å²) in [6.07, 6.45) is 2.82. The molecule has 94 valence electrons. The van der Waals surface area contributed by atoms with Crippen molar-refractivity contribution in [3.05, 3.63) is 10.6 Å². The van der Waals surface area contributed by atoms with Gasteiger partial charge < -0.3 is 4.90 Å². The third-order valence-corrected chi connectivity index (χ3v) is 4.15. The zero-order valence-electron chi connectivity index (χ0n) is 9.86. The van der Waals surface area contributed by atoms with Crippen LogP contribution in [0.15, 0.2) is 0 Å². The lowest BCUT2D eigenvalue weighted by Gasteiger charge is -2.15. The smallest absolute Gasteiger partial charge is 0.267 e. The topological polar surface area (TPSA) is 46.1 Å². The molecule has 1 aromatic rings. The van der Waals surface area contributed by atoms with Crippen molar-refractivity contribution in [1.29, 1.82) is 0 Å². The van der Waals surface area contributed by atoms with E-state index in [-0.39, 0.29) is 5.91 Å². The lowest BCUT2D eigenvalue weighted by Crippen LogP contribution is -2.28. The van der Waals surface area contributed by atoms with Gasteiger partial charge in [-0.3, -0.25) is 4.79 Å². The van der Waals surface area contributed by atoms with E-state index < -0.39 is 0 Å². The summed E-state index contributed by atoms with van der Waals surface area (Å²) in [5.41, 5.74) is 0.820. The number of halogens is 1. The van der Waals surface area contributed by atoms with Crippen LogP contribution in [0.3, 0.4) is 0 Å². The van der Waals surface area contributed by atoms with Crippen LogP contribution < -0.4 is 0 Å². The van der Waals surface area contributed by atoms with Crippen LogP contribution in [0.2, 0.25) is 0 Å². The number of nitrogens with zero attached hydrogens (tertiary/aromatic N) is 3. The van der Waals surface area contributed by atoms with Crippen molar-refractivity contribution in [2.24, 2.45) is 5.92 Å². The number of alkyl halides is 1. The average Bonchev–Trinajstić information content (AvgIpc) is 2.96. The molecule has 1 fully saturated rings. The highest BCUT2D eigenvalue weighted by atomic mass is 35.5. The van der Waals surface area contributed by atoms with Gasteiger partial charge in [-0.2, -0.15) is 0 Å². The minimum Gasteiger partial charge on any atom is -0.338 e. The summed E-state index contributed by atoms with van der Waals surface area (Å²) in [5, 5.41) is 3.98. The highest BCUT2D eigenvalue weighted by molar-refractivity contribution is 7.08. The first kappa shape index (κ1) is 12.8. The quantitative estimate of drug-likeness (QED) is 0.790. The molecule has 0 N–H and O–H groups in total. The number of amides is 1. The Morgan fingerprint density at radius 3 is 3.18 bits per heavy atom. The van der Waals surface area contributed by atoms with Crippen molar-refractivity contribution < 1.29 is 4.79 Å². The van der Waals surface area contributed by atoms with Crippen molar-refractivity contribution in [3.8, 4) is 0 Å². The molecule has 1 aliphatic heterocycles. The number of rotatable bonds is 4. The van der Waals surface area contributed by atoms with E-state index in [1.54, 1.807) is 0 Å². The van der Waals surface area contributed by atoms with Gasteiger partial charge in [-0.15, -0.1) is 16.7 Å². The third kappa shape index (κ3) is 2.77. The second-order valence-corrected chi connectivity index (χ2v) is 5.42. The number of aryl methyl sites for hydroxylation is 1. The maximum atomic E-state index is 12.3. The molecule has 2 heterocycles. The van der Waals surface area contributed by atoms with Crippen LogP contribution in [0.25, 0.3) is 0 Å². The first-order valence-corrected chi connectivity index (χ1v) is 7.23. The summed E-state index contributed by atoms with van der Waals surface area (Å²) in [5.74, 6) is 1.32. The molecule has 0 bridgehead atoms. The monoisotopic (exact) mass is 273 g/mol. The predicted molar refractivity (Wildman–Crippen MR) is 68.6 cm³/mol.